The molecule has 3 aromatic rings. The van der Waals surface area contributed by atoms with Crippen LogP contribution in [0.4, 0.5) is 16.0 Å². The normalized spacial score (nSPS) is 10.6. The van der Waals surface area contributed by atoms with E-state index < -0.39 is 0 Å². The topological polar surface area (TPSA) is 66.9 Å². The number of aromatic nitrogens is 2. The molecule has 2 aromatic carbocycles. The number of aryl methyl sites for hydroxylation is 3. The van der Waals surface area contributed by atoms with Crippen molar-refractivity contribution in [3.05, 3.63) is 82.4 Å². The zero-order chi connectivity index (χ0) is 20.1. The molecule has 5 nitrogen and oxygen atoms in total. The minimum absolute atomic E-state index is 0.267. The quantitative estimate of drug-likeness (QED) is 0.673. The summed E-state index contributed by atoms with van der Waals surface area (Å²) in [5.74, 6) is -0.151. The van der Waals surface area contributed by atoms with Gasteiger partial charge in [-0.25, -0.2) is 14.4 Å². The Balaban J connectivity index is 1.67. The van der Waals surface area contributed by atoms with Gasteiger partial charge in [0, 0.05) is 17.9 Å². The Hall–Kier alpha value is -3.28. The van der Waals surface area contributed by atoms with E-state index in [1.807, 2.05) is 39.0 Å². The molecule has 144 valence electrons. The van der Waals surface area contributed by atoms with Crippen molar-refractivity contribution < 1.29 is 9.18 Å². The molecule has 0 bridgehead atoms. The lowest BCUT2D eigenvalue weighted by Crippen LogP contribution is -2.27. The Labute approximate surface area is 164 Å². The summed E-state index contributed by atoms with van der Waals surface area (Å²) < 4.78 is 12.9. The summed E-state index contributed by atoms with van der Waals surface area (Å²) in [5, 5.41) is 6.05. The second kappa shape index (κ2) is 8.61. The Bertz CT molecular complexity index is 986. The highest BCUT2D eigenvalue weighted by Gasteiger charge is 2.11. The van der Waals surface area contributed by atoms with Crippen molar-refractivity contribution in [2.45, 2.75) is 27.2 Å². The van der Waals surface area contributed by atoms with Crippen molar-refractivity contribution in [3.8, 4) is 0 Å². The Morgan fingerprint density at radius 3 is 2.50 bits per heavy atom. The maximum absolute atomic E-state index is 12.9. The van der Waals surface area contributed by atoms with Gasteiger partial charge in [-0.15, -0.1) is 0 Å². The molecule has 1 amide bonds. The largest absolute Gasteiger partial charge is 0.350 e. The minimum Gasteiger partial charge on any atom is -0.350 e. The van der Waals surface area contributed by atoms with Crippen molar-refractivity contribution in [2.24, 2.45) is 0 Å². The number of halogens is 1. The molecule has 0 saturated heterocycles. The number of rotatable bonds is 6. The lowest BCUT2D eigenvalue weighted by molar-refractivity contribution is 0.0949. The third-order valence-electron chi connectivity index (χ3n) is 4.34. The fraction of sp³-hybridized carbons (Fsp3) is 0.227. The van der Waals surface area contributed by atoms with E-state index in [0.29, 0.717) is 30.3 Å². The maximum atomic E-state index is 12.9. The number of carbonyl (C=O) groups is 1. The molecule has 0 saturated carbocycles. The van der Waals surface area contributed by atoms with Crippen molar-refractivity contribution in [1.82, 2.24) is 15.3 Å². The van der Waals surface area contributed by atoms with Gasteiger partial charge >= 0.3 is 0 Å². The maximum Gasteiger partial charge on any atom is 0.270 e. The molecular weight excluding hydrogens is 355 g/mol. The van der Waals surface area contributed by atoms with Gasteiger partial charge in [0.15, 0.2) is 0 Å². The summed E-state index contributed by atoms with van der Waals surface area (Å²) in [4.78, 5) is 21.2. The van der Waals surface area contributed by atoms with Gasteiger partial charge in [0.2, 0.25) is 5.95 Å². The zero-order valence-corrected chi connectivity index (χ0v) is 16.2. The van der Waals surface area contributed by atoms with E-state index in [9.17, 15) is 9.18 Å². The highest BCUT2D eigenvalue weighted by Crippen LogP contribution is 2.20. The molecule has 0 spiro atoms. The van der Waals surface area contributed by atoms with Crippen molar-refractivity contribution in [2.75, 3.05) is 11.9 Å². The number of hydrogen-bond donors (Lipinski definition) is 2. The molecule has 0 radical (unpaired) electrons. The molecule has 0 atom stereocenters. The van der Waals surface area contributed by atoms with Crippen LogP contribution < -0.4 is 10.6 Å². The lowest BCUT2D eigenvalue weighted by atomic mass is 10.1. The first kappa shape index (κ1) is 19.5. The Morgan fingerprint density at radius 1 is 1.00 bits per heavy atom. The standard InChI is InChI=1S/C22H23FN4O/c1-14-4-5-15(2)19(12-14)26-22-25-16(3)13-20(27-22)21(28)24-11-10-17-6-8-18(23)9-7-17/h4-9,12-13H,10-11H2,1-3H3,(H,24,28)(H,25,26,27). The number of nitrogens with zero attached hydrogens (tertiary/aromatic N) is 2. The van der Waals surface area contributed by atoms with Crippen LogP contribution in [-0.4, -0.2) is 22.4 Å². The summed E-state index contributed by atoms with van der Waals surface area (Å²) in [5.41, 5.74) is 5.07. The van der Waals surface area contributed by atoms with Gasteiger partial charge in [0.25, 0.3) is 5.91 Å². The second-order valence-electron chi connectivity index (χ2n) is 6.79. The molecule has 1 aromatic heterocycles. The molecule has 28 heavy (non-hydrogen) atoms. The molecule has 2 N–H and O–H groups in total. The van der Waals surface area contributed by atoms with Gasteiger partial charge in [-0.2, -0.15) is 0 Å². The van der Waals surface area contributed by atoms with E-state index in [2.05, 4.69) is 20.6 Å². The van der Waals surface area contributed by atoms with Crippen LogP contribution in [0.5, 0.6) is 0 Å². The van der Waals surface area contributed by atoms with Crippen LogP contribution >= 0.6 is 0 Å². The number of benzene rings is 2. The molecule has 0 aliphatic heterocycles. The first-order valence-electron chi connectivity index (χ1n) is 9.13. The minimum atomic E-state index is -0.270. The molecule has 0 fully saturated rings. The van der Waals surface area contributed by atoms with Crippen LogP contribution in [0.15, 0.2) is 48.5 Å². The summed E-state index contributed by atoms with van der Waals surface area (Å²) >= 11 is 0. The van der Waals surface area contributed by atoms with E-state index >= 15 is 0 Å². The Kier molecular flexibility index (Phi) is 5.99. The SMILES string of the molecule is Cc1ccc(C)c(Nc2nc(C)cc(C(=O)NCCc3ccc(F)cc3)n2)c1. The van der Waals surface area contributed by atoms with Crippen molar-refractivity contribution >= 4 is 17.5 Å². The monoisotopic (exact) mass is 378 g/mol. The van der Waals surface area contributed by atoms with Crippen LogP contribution in [0.2, 0.25) is 0 Å². The number of carbonyl (C=O) groups excluding carboxylic acids is 1. The first-order valence-corrected chi connectivity index (χ1v) is 9.13. The third-order valence-corrected chi connectivity index (χ3v) is 4.34. The van der Waals surface area contributed by atoms with Crippen molar-refractivity contribution in [1.29, 1.82) is 0 Å². The molecule has 0 aliphatic rings. The fourth-order valence-corrected chi connectivity index (χ4v) is 2.79. The predicted octanol–water partition coefficient (Wildman–Crippen LogP) is 4.26. The van der Waals surface area contributed by atoms with E-state index in [1.54, 1.807) is 18.2 Å². The van der Waals surface area contributed by atoms with Crippen LogP contribution in [0, 0.1) is 26.6 Å². The highest BCUT2D eigenvalue weighted by molar-refractivity contribution is 5.92. The second-order valence-corrected chi connectivity index (χ2v) is 6.79. The van der Waals surface area contributed by atoms with Crippen LogP contribution in [0.25, 0.3) is 0 Å². The van der Waals surface area contributed by atoms with Crippen molar-refractivity contribution in [3.63, 3.8) is 0 Å². The number of nitrogens with one attached hydrogen (secondary N) is 2. The van der Waals surface area contributed by atoms with E-state index in [4.69, 9.17) is 0 Å². The van der Waals surface area contributed by atoms with Gasteiger partial charge < -0.3 is 10.6 Å². The lowest BCUT2D eigenvalue weighted by Gasteiger charge is -2.11. The van der Waals surface area contributed by atoms with Gasteiger partial charge in [0.05, 0.1) is 0 Å². The number of hydrogen-bond acceptors (Lipinski definition) is 4. The molecule has 1 heterocycles. The van der Waals surface area contributed by atoms with Gasteiger partial charge in [-0.05, 0) is 68.1 Å². The van der Waals surface area contributed by atoms with E-state index in [-0.39, 0.29) is 11.7 Å². The summed E-state index contributed by atoms with van der Waals surface area (Å²) in [6.07, 6.45) is 0.615. The smallest absolute Gasteiger partial charge is 0.270 e. The number of anilines is 2. The first-order chi connectivity index (χ1) is 13.4. The predicted molar refractivity (Wildman–Crippen MR) is 108 cm³/mol. The van der Waals surface area contributed by atoms with Gasteiger partial charge in [0.1, 0.15) is 11.5 Å². The molecule has 0 unspecified atom stereocenters. The average molecular weight is 378 g/mol. The fourth-order valence-electron chi connectivity index (χ4n) is 2.79. The van der Waals surface area contributed by atoms with E-state index in [0.717, 1.165) is 22.4 Å². The van der Waals surface area contributed by atoms with Gasteiger partial charge in [-0.1, -0.05) is 24.3 Å². The number of amides is 1. The summed E-state index contributed by atoms with van der Waals surface area (Å²) in [6.45, 7) is 6.28. The van der Waals surface area contributed by atoms with Crippen LogP contribution in [0.1, 0.15) is 32.9 Å². The molecule has 0 aliphatic carbocycles. The third kappa shape index (κ3) is 5.13. The van der Waals surface area contributed by atoms with Gasteiger partial charge in [-0.3, -0.25) is 4.79 Å². The molecule has 3 rings (SSSR count). The molecular formula is C22H23FN4O. The zero-order valence-electron chi connectivity index (χ0n) is 16.2. The average Bonchev–Trinajstić information content (AvgIpc) is 2.66. The van der Waals surface area contributed by atoms with E-state index in [1.165, 1.54) is 12.1 Å². The Morgan fingerprint density at radius 2 is 1.75 bits per heavy atom. The summed E-state index contributed by atoms with van der Waals surface area (Å²) in [6, 6.07) is 14.0. The van der Waals surface area contributed by atoms with Crippen LogP contribution in [-0.2, 0) is 6.42 Å². The summed E-state index contributed by atoms with van der Waals surface area (Å²) in [7, 11) is 0. The van der Waals surface area contributed by atoms with Crippen LogP contribution in [0.3, 0.4) is 0 Å². The highest BCUT2D eigenvalue weighted by atomic mass is 19.1. The molecule has 6 heteroatoms.